The topological polar surface area (TPSA) is 36.4 Å². The maximum Gasteiger partial charge on any atom is 0.225 e. The standard InChI is InChI=1S/C18H27N3O/c1-20(18(22)17-3-2-4-17)13-16-7-11-21(12-8-16)14-15-5-9-19-10-6-15/h5-6,9-10,16-17H,2-4,7-8,11-14H2,1H3. The molecule has 0 unspecified atom stereocenters. The van der Waals surface area contributed by atoms with E-state index in [1.165, 1.54) is 24.8 Å². The minimum Gasteiger partial charge on any atom is -0.345 e. The predicted octanol–water partition coefficient (Wildman–Crippen LogP) is 2.55. The van der Waals surface area contributed by atoms with Gasteiger partial charge in [-0.2, -0.15) is 0 Å². The van der Waals surface area contributed by atoms with Crippen molar-refractivity contribution in [2.45, 2.75) is 38.6 Å². The summed E-state index contributed by atoms with van der Waals surface area (Å²) in [5, 5.41) is 0. The monoisotopic (exact) mass is 301 g/mol. The maximum absolute atomic E-state index is 12.2. The van der Waals surface area contributed by atoms with Gasteiger partial charge in [0.1, 0.15) is 0 Å². The maximum atomic E-state index is 12.2. The van der Waals surface area contributed by atoms with E-state index in [1.807, 2.05) is 24.3 Å². The molecule has 1 saturated carbocycles. The number of nitrogens with zero attached hydrogens (tertiary/aromatic N) is 3. The first kappa shape index (κ1) is 15.5. The number of carbonyl (C=O) groups excluding carboxylic acids is 1. The van der Waals surface area contributed by atoms with Crippen LogP contribution < -0.4 is 0 Å². The SMILES string of the molecule is CN(CC1CCN(Cc2ccncc2)CC1)C(=O)C1CCC1. The van der Waals surface area contributed by atoms with E-state index in [0.29, 0.717) is 17.7 Å². The molecule has 0 N–H and O–H groups in total. The lowest BCUT2D eigenvalue weighted by molar-refractivity contribution is -0.137. The summed E-state index contributed by atoms with van der Waals surface area (Å²) in [7, 11) is 1.99. The molecule has 22 heavy (non-hydrogen) atoms. The van der Waals surface area contributed by atoms with Crippen molar-refractivity contribution in [2.75, 3.05) is 26.7 Å². The van der Waals surface area contributed by atoms with Crippen LogP contribution in [-0.4, -0.2) is 47.4 Å². The Labute approximate surface area is 133 Å². The molecule has 1 aromatic heterocycles. The van der Waals surface area contributed by atoms with Crippen LogP contribution in [0.25, 0.3) is 0 Å². The summed E-state index contributed by atoms with van der Waals surface area (Å²) in [6, 6.07) is 4.19. The van der Waals surface area contributed by atoms with Crippen LogP contribution in [0, 0.1) is 11.8 Å². The van der Waals surface area contributed by atoms with Gasteiger partial charge in [0.25, 0.3) is 0 Å². The third-order valence-corrected chi connectivity index (χ3v) is 5.23. The predicted molar refractivity (Wildman–Crippen MR) is 87.2 cm³/mol. The van der Waals surface area contributed by atoms with Crippen LogP contribution in [0.15, 0.2) is 24.5 Å². The Kier molecular flexibility index (Phi) is 5.08. The van der Waals surface area contributed by atoms with Gasteiger partial charge in [-0.3, -0.25) is 14.7 Å². The molecule has 1 saturated heterocycles. The normalized spacial score (nSPS) is 20.6. The van der Waals surface area contributed by atoms with Crippen LogP contribution in [0.1, 0.15) is 37.7 Å². The Balaban J connectivity index is 1.40. The third-order valence-electron chi connectivity index (χ3n) is 5.23. The highest BCUT2D eigenvalue weighted by Crippen LogP contribution is 2.28. The molecule has 2 aliphatic rings. The van der Waals surface area contributed by atoms with Crippen molar-refractivity contribution < 1.29 is 4.79 Å². The molecule has 0 atom stereocenters. The second kappa shape index (κ2) is 7.23. The van der Waals surface area contributed by atoms with E-state index in [4.69, 9.17) is 0 Å². The quantitative estimate of drug-likeness (QED) is 0.838. The average Bonchev–Trinajstić information content (AvgIpc) is 2.48. The summed E-state index contributed by atoms with van der Waals surface area (Å²) in [5.74, 6) is 1.38. The van der Waals surface area contributed by atoms with Gasteiger partial charge in [-0.05, 0) is 62.4 Å². The van der Waals surface area contributed by atoms with Crippen molar-refractivity contribution in [3.63, 3.8) is 0 Å². The van der Waals surface area contributed by atoms with E-state index in [-0.39, 0.29) is 0 Å². The van der Waals surface area contributed by atoms with Crippen LogP contribution in [-0.2, 0) is 11.3 Å². The van der Waals surface area contributed by atoms with Gasteiger partial charge in [0, 0.05) is 38.4 Å². The number of hydrogen-bond donors (Lipinski definition) is 0. The Hall–Kier alpha value is -1.42. The molecular formula is C18H27N3O. The highest BCUT2D eigenvalue weighted by Gasteiger charge is 2.29. The minimum atomic E-state index is 0.330. The number of aromatic nitrogens is 1. The first-order valence-corrected chi connectivity index (χ1v) is 8.58. The van der Waals surface area contributed by atoms with Gasteiger partial charge in [0.2, 0.25) is 5.91 Å². The fourth-order valence-corrected chi connectivity index (χ4v) is 3.52. The summed E-state index contributed by atoms with van der Waals surface area (Å²) < 4.78 is 0. The molecule has 1 aromatic rings. The number of hydrogen-bond acceptors (Lipinski definition) is 3. The van der Waals surface area contributed by atoms with Crippen LogP contribution in [0.5, 0.6) is 0 Å². The Bertz CT molecular complexity index is 478. The second-order valence-electron chi connectivity index (χ2n) is 6.92. The van der Waals surface area contributed by atoms with E-state index in [0.717, 1.165) is 39.0 Å². The van der Waals surface area contributed by atoms with Crippen molar-refractivity contribution in [1.29, 1.82) is 0 Å². The van der Waals surface area contributed by atoms with Gasteiger partial charge in [0.05, 0.1) is 0 Å². The molecular weight excluding hydrogens is 274 g/mol. The first-order chi connectivity index (χ1) is 10.7. The lowest BCUT2D eigenvalue weighted by Crippen LogP contribution is -2.42. The zero-order chi connectivity index (χ0) is 15.4. The number of carbonyl (C=O) groups is 1. The summed E-state index contributed by atoms with van der Waals surface area (Å²) in [6.07, 6.45) is 9.58. The van der Waals surface area contributed by atoms with Crippen molar-refractivity contribution in [3.8, 4) is 0 Å². The fraction of sp³-hybridized carbons (Fsp3) is 0.667. The third kappa shape index (κ3) is 3.86. The molecule has 0 radical (unpaired) electrons. The van der Waals surface area contributed by atoms with Gasteiger partial charge in [0.15, 0.2) is 0 Å². The van der Waals surface area contributed by atoms with Crippen LogP contribution in [0.3, 0.4) is 0 Å². The minimum absolute atomic E-state index is 0.330. The van der Waals surface area contributed by atoms with Crippen LogP contribution >= 0.6 is 0 Å². The smallest absolute Gasteiger partial charge is 0.225 e. The zero-order valence-electron chi connectivity index (χ0n) is 13.6. The second-order valence-corrected chi connectivity index (χ2v) is 6.92. The lowest BCUT2D eigenvalue weighted by atomic mass is 9.84. The highest BCUT2D eigenvalue weighted by atomic mass is 16.2. The van der Waals surface area contributed by atoms with E-state index in [2.05, 4.69) is 22.0 Å². The molecule has 1 aliphatic heterocycles. The summed E-state index contributed by atoms with van der Waals surface area (Å²) >= 11 is 0. The molecule has 120 valence electrons. The Morgan fingerprint density at radius 3 is 2.50 bits per heavy atom. The number of piperidine rings is 1. The van der Waals surface area contributed by atoms with E-state index >= 15 is 0 Å². The van der Waals surface area contributed by atoms with Crippen LogP contribution in [0.4, 0.5) is 0 Å². The molecule has 4 heteroatoms. The summed E-state index contributed by atoms with van der Waals surface area (Å²) in [5.41, 5.74) is 1.34. The number of rotatable bonds is 5. The molecule has 3 rings (SSSR count). The summed E-state index contributed by atoms with van der Waals surface area (Å²) in [6.45, 7) is 4.24. The number of amides is 1. The largest absolute Gasteiger partial charge is 0.345 e. The fourth-order valence-electron chi connectivity index (χ4n) is 3.52. The molecule has 0 spiro atoms. The molecule has 1 amide bonds. The summed E-state index contributed by atoms with van der Waals surface area (Å²) in [4.78, 5) is 20.8. The molecule has 1 aliphatic carbocycles. The average molecular weight is 301 g/mol. The van der Waals surface area contributed by atoms with Gasteiger partial charge < -0.3 is 4.90 Å². The molecule has 0 aromatic carbocycles. The van der Waals surface area contributed by atoms with Crippen LogP contribution in [0.2, 0.25) is 0 Å². The molecule has 4 nitrogen and oxygen atoms in total. The van der Waals surface area contributed by atoms with Gasteiger partial charge in [-0.1, -0.05) is 6.42 Å². The Morgan fingerprint density at radius 2 is 1.91 bits per heavy atom. The van der Waals surface area contributed by atoms with E-state index < -0.39 is 0 Å². The van der Waals surface area contributed by atoms with Crippen molar-refractivity contribution in [2.24, 2.45) is 11.8 Å². The highest BCUT2D eigenvalue weighted by molar-refractivity contribution is 5.79. The van der Waals surface area contributed by atoms with Crippen molar-refractivity contribution in [3.05, 3.63) is 30.1 Å². The van der Waals surface area contributed by atoms with E-state index in [9.17, 15) is 4.79 Å². The van der Waals surface area contributed by atoms with Gasteiger partial charge >= 0.3 is 0 Å². The number of pyridine rings is 1. The van der Waals surface area contributed by atoms with Gasteiger partial charge in [-0.15, -0.1) is 0 Å². The molecule has 2 heterocycles. The zero-order valence-corrected chi connectivity index (χ0v) is 13.6. The molecule has 0 bridgehead atoms. The lowest BCUT2D eigenvalue weighted by Gasteiger charge is -2.35. The first-order valence-electron chi connectivity index (χ1n) is 8.58. The van der Waals surface area contributed by atoms with E-state index in [1.54, 1.807) is 0 Å². The Morgan fingerprint density at radius 1 is 1.23 bits per heavy atom. The van der Waals surface area contributed by atoms with Gasteiger partial charge in [-0.25, -0.2) is 0 Å². The molecule has 2 fully saturated rings. The van der Waals surface area contributed by atoms with Crippen molar-refractivity contribution in [1.82, 2.24) is 14.8 Å². The van der Waals surface area contributed by atoms with Crippen molar-refractivity contribution >= 4 is 5.91 Å². The number of likely N-dealkylation sites (tertiary alicyclic amines) is 1.